The lowest BCUT2D eigenvalue weighted by Gasteiger charge is -2.00. The van der Waals surface area contributed by atoms with E-state index < -0.39 is 5.97 Å². The molecular formula is C14H26O2. The van der Waals surface area contributed by atoms with E-state index in [0.29, 0.717) is 6.42 Å². The molecule has 16 heavy (non-hydrogen) atoms. The predicted molar refractivity (Wildman–Crippen MR) is 68.6 cm³/mol. The Kier molecular flexibility index (Phi) is 11.7. The summed E-state index contributed by atoms with van der Waals surface area (Å²) in [6.45, 7) is 2.07. The summed E-state index contributed by atoms with van der Waals surface area (Å²) in [6, 6.07) is 0. The van der Waals surface area contributed by atoms with E-state index in [0.717, 1.165) is 12.8 Å². The first kappa shape index (κ1) is 15.2. The molecule has 1 N–H and O–H groups in total. The van der Waals surface area contributed by atoms with Gasteiger partial charge in [-0.1, -0.05) is 50.7 Å². The van der Waals surface area contributed by atoms with Gasteiger partial charge in [0.2, 0.25) is 0 Å². The summed E-state index contributed by atoms with van der Waals surface area (Å²) in [6.07, 6.45) is 15.6. The van der Waals surface area contributed by atoms with Crippen LogP contribution in [0.3, 0.4) is 0 Å². The lowest BCUT2D eigenvalue weighted by Crippen LogP contribution is -1.93. The molecule has 0 fully saturated rings. The van der Waals surface area contributed by atoms with Gasteiger partial charge in [-0.2, -0.15) is 0 Å². The van der Waals surface area contributed by atoms with Crippen LogP contribution in [0.4, 0.5) is 0 Å². The van der Waals surface area contributed by atoms with E-state index in [-0.39, 0.29) is 0 Å². The molecule has 0 bridgehead atoms. The molecule has 0 amide bonds. The van der Waals surface area contributed by atoms with Gasteiger partial charge in [0.05, 0.1) is 0 Å². The lowest BCUT2D eigenvalue weighted by molar-refractivity contribution is -0.137. The summed E-state index contributed by atoms with van der Waals surface area (Å²) in [5, 5.41) is 8.45. The van der Waals surface area contributed by atoms with Crippen molar-refractivity contribution in [3.8, 4) is 0 Å². The van der Waals surface area contributed by atoms with Crippen molar-refractivity contribution in [2.75, 3.05) is 0 Å². The van der Waals surface area contributed by atoms with Crippen LogP contribution in [0, 0.1) is 0 Å². The summed E-state index contributed by atoms with van der Waals surface area (Å²) in [7, 11) is 0. The Labute approximate surface area is 99.7 Å². The van der Waals surface area contributed by atoms with E-state index in [4.69, 9.17) is 5.11 Å². The van der Waals surface area contributed by atoms with E-state index in [1.165, 1.54) is 44.9 Å². The Morgan fingerprint density at radius 2 is 1.44 bits per heavy atom. The number of rotatable bonds is 11. The first-order valence-electron chi connectivity index (χ1n) is 6.60. The molecule has 0 spiro atoms. The Morgan fingerprint density at radius 1 is 0.938 bits per heavy atom. The molecule has 0 radical (unpaired) electrons. The van der Waals surface area contributed by atoms with Crippen LogP contribution < -0.4 is 0 Å². The number of carbonyl (C=O) groups is 1. The van der Waals surface area contributed by atoms with Crippen molar-refractivity contribution in [2.24, 2.45) is 0 Å². The SMILES string of the molecule is CC=CCCCCCCCCCCC(=O)O. The monoisotopic (exact) mass is 226 g/mol. The Balaban J connectivity index is 2.96. The second kappa shape index (κ2) is 12.3. The van der Waals surface area contributed by atoms with Crippen LogP contribution in [-0.4, -0.2) is 11.1 Å². The Hall–Kier alpha value is -0.790. The second-order valence-corrected chi connectivity index (χ2v) is 4.33. The molecule has 0 aromatic heterocycles. The summed E-state index contributed by atoms with van der Waals surface area (Å²) >= 11 is 0. The normalized spacial score (nSPS) is 11.1. The number of hydrogen-bond acceptors (Lipinski definition) is 1. The molecule has 0 heterocycles. The van der Waals surface area contributed by atoms with Gasteiger partial charge in [0, 0.05) is 6.42 Å². The number of aliphatic carboxylic acids is 1. The van der Waals surface area contributed by atoms with Crippen LogP contribution in [0.2, 0.25) is 0 Å². The highest BCUT2D eigenvalue weighted by Gasteiger charge is 1.96. The maximum absolute atomic E-state index is 10.3. The number of hydrogen-bond donors (Lipinski definition) is 1. The van der Waals surface area contributed by atoms with Gasteiger partial charge in [-0.05, 0) is 26.2 Å². The van der Waals surface area contributed by atoms with Gasteiger partial charge >= 0.3 is 5.97 Å². The summed E-state index contributed by atoms with van der Waals surface area (Å²) in [5.74, 6) is -0.663. The standard InChI is InChI=1S/C14H26O2/c1-2-3-4-5-6-7-8-9-10-11-12-13-14(15)16/h2-3H,4-13H2,1H3,(H,15,16). The lowest BCUT2D eigenvalue weighted by atomic mass is 10.1. The minimum Gasteiger partial charge on any atom is -0.481 e. The highest BCUT2D eigenvalue weighted by atomic mass is 16.4. The fourth-order valence-corrected chi connectivity index (χ4v) is 1.77. The average Bonchev–Trinajstić information content (AvgIpc) is 2.25. The molecule has 0 aromatic carbocycles. The van der Waals surface area contributed by atoms with Crippen LogP contribution in [0.15, 0.2) is 12.2 Å². The fourth-order valence-electron chi connectivity index (χ4n) is 1.77. The van der Waals surface area contributed by atoms with Crippen LogP contribution in [0.5, 0.6) is 0 Å². The molecule has 94 valence electrons. The van der Waals surface area contributed by atoms with Crippen molar-refractivity contribution in [2.45, 2.75) is 71.1 Å². The maximum atomic E-state index is 10.3. The molecule has 0 rings (SSSR count). The number of unbranched alkanes of at least 4 members (excludes halogenated alkanes) is 8. The van der Waals surface area contributed by atoms with Gasteiger partial charge in [0.25, 0.3) is 0 Å². The molecule has 0 atom stereocenters. The van der Waals surface area contributed by atoms with Crippen LogP contribution in [0.25, 0.3) is 0 Å². The fraction of sp³-hybridized carbons (Fsp3) is 0.786. The quantitative estimate of drug-likeness (QED) is 0.414. The van der Waals surface area contributed by atoms with Crippen molar-refractivity contribution in [3.05, 3.63) is 12.2 Å². The maximum Gasteiger partial charge on any atom is 0.303 e. The first-order chi connectivity index (χ1) is 7.77. The highest BCUT2D eigenvalue weighted by Crippen LogP contribution is 2.10. The second-order valence-electron chi connectivity index (χ2n) is 4.33. The van der Waals surface area contributed by atoms with E-state index in [9.17, 15) is 4.79 Å². The van der Waals surface area contributed by atoms with Crippen LogP contribution in [-0.2, 0) is 4.79 Å². The van der Waals surface area contributed by atoms with Crippen molar-refractivity contribution in [3.63, 3.8) is 0 Å². The zero-order chi connectivity index (χ0) is 12.1. The third-order valence-electron chi connectivity index (χ3n) is 2.75. The minimum atomic E-state index is -0.663. The molecular weight excluding hydrogens is 200 g/mol. The van der Waals surface area contributed by atoms with E-state index >= 15 is 0 Å². The molecule has 0 aromatic rings. The third kappa shape index (κ3) is 13.2. The van der Waals surface area contributed by atoms with Gasteiger partial charge < -0.3 is 5.11 Å². The Bertz CT molecular complexity index is 185. The zero-order valence-corrected chi connectivity index (χ0v) is 10.6. The van der Waals surface area contributed by atoms with Gasteiger partial charge in [-0.15, -0.1) is 0 Å². The molecule has 2 nitrogen and oxygen atoms in total. The molecule has 0 unspecified atom stereocenters. The summed E-state index contributed by atoms with van der Waals surface area (Å²) in [4.78, 5) is 10.3. The minimum absolute atomic E-state index is 0.337. The average molecular weight is 226 g/mol. The smallest absolute Gasteiger partial charge is 0.303 e. The molecule has 0 saturated heterocycles. The zero-order valence-electron chi connectivity index (χ0n) is 10.6. The number of carboxylic acid groups (broad SMARTS) is 1. The Morgan fingerprint density at radius 3 is 1.94 bits per heavy atom. The van der Waals surface area contributed by atoms with Gasteiger partial charge in [-0.25, -0.2) is 0 Å². The van der Waals surface area contributed by atoms with Gasteiger partial charge in [-0.3, -0.25) is 4.79 Å². The van der Waals surface area contributed by atoms with E-state index in [1.54, 1.807) is 0 Å². The largest absolute Gasteiger partial charge is 0.481 e. The van der Waals surface area contributed by atoms with Crippen molar-refractivity contribution < 1.29 is 9.90 Å². The first-order valence-corrected chi connectivity index (χ1v) is 6.60. The molecule has 0 aliphatic rings. The van der Waals surface area contributed by atoms with Crippen molar-refractivity contribution in [1.82, 2.24) is 0 Å². The van der Waals surface area contributed by atoms with Crippen molar-refractivity contribution in [1.29, 1.82) is 0 Å². The summed E-state index contributed by atoms with van der Waals surface area (Å²) < 4.78 is 0. The highest BCUT2D eigenvalue weighted by molar-refractivity contribution is 5.66. The molecule has 0 aliphatic carbocycles. The molecule has 0 aliphatic heterocycles. The van der Waals surface area contributed by atoms with E-state index in [1.807, 2.05) is 0 Å². The third-order valence-corrected chi connectivity index (χ3v) is 2.75. The van der Waals surface area contributed by atoms with Crippen molar-refractivity contribution >= 4 is 5.97 Å². The van der Waals surface area contributed by atoms with Gasteiger partial charge in [0.1, 0.15) is 0 Å². The number of allylic oxidation sites excluding steroid dienone is 2. The van der Waals surface area contributed by atoms with Gasteiger partial charge in [0.15, 0.2) is 0 Å². The molecule has 2 heteroatoms. The summed E-state index contributed by atoms with van der Waals surface area (Å²) in [5.41, 5.74) is 0. The number of carboxylic acids is 1. The van der Waals surface area contributed by atoms with Crippen LogP contribution >= 0.6 is 0 Å². The predicted octanol–water partition coefficient (Wildman–Crippen LogP) is 4.55. The van der Waals surface area contributed by atoms with Crippen LogP contribution in [0.1, 0.15) is 71.1 Å². The van der Waals surface area contributed by atoms with E-state index in [2.05, 4.69) is 19.1 Å². The molecule has 0 saturated carbocycles. The topological polar surface area (TPSA) is 37.3 Å².